The number of nitrogens with zero attached hydrogens (tertiary/aromatic N) is 1. The summed E-state index contributed by atoms with van der Waals surface area (Å²) in [5.74, 6) is -0.270. The van der Waals surface area contributed by atoms with Gasteiger partial charge in [-0.2, -0.15) is 0 Å². The lowest BCUT2D eigenvalue weighted by atomic mass is 10.0. The second-order valence-electron chi connectivity index (χ2n) is 8.52. The van der Waals surface area contributed by atoms with Crippen LogP contribution in [0.1, 0.15) is 37.3 Å². The molecule has 1 atom stereocenters. The molecule has 1 N–H and O–H groups in total. The van der Waals surface area contributed by atoms with E-state index in [4.69, 9.17) is 11.6 Å². The maximum Gasteiger partial charge on any atom is 0.243 e. The number of carbonyl (C=O) groups excluding carboxylic acids is 2. The highest BCUT2D eigenvalue weighted by Crippen LogP contribution is 2.23. The Morgan fingerprint density at radius 3 is 2.39 bits per heavy atom. The van der Waals surface area contributed by atoms with Gasteiger partial charge in [0.05, 0.1) is 0 Å². The molecule has 0 heterocycles. The van der Waals surface area contributed by atoms with E-state index in [0.29, 0.717) is 29.3 Å². The van der Waals surface area contributed by atoms with Gasteiger partial charge in [-0.15, -0.1) is 11.8 Å². The lowest BCUT2D eigenvalue weighted by molar-refractivity contribution is -0.141. The van der Waals surface area contributed by atoms with Crippen LogP contribution < -0.4 is 5.32 Å². The van der Waals surface area contributed by atoms with Gasteiger partial charge >= 0.3 is 0 Å². The SMILES string of the molecule is CCCCNC(=O)C(Cc1ccccc1)N(Cc1ccccc1F)C(=O)CCSc1ccc(Cl)cc1. The molecule has 0 fully saturated rings. The first kappa shape index (κ1) is 27.8. The molecule has 36 heavy (non-hydrogen) atoms. The molecule has 0 aliphatic heterocycles. The Kier molecular flexibility index (Phi) is 11.3. The van der Waals surface area contributed by atoms with E-state index >= 15 is 0 Å². The molecule has 4 nitrogen and oxygen atoms in total. The highest BCUT2D eigenvalue weighted by molar-refractivity contribution is 7.99. The lowest BCUT2D eigenvalue weighted by Crippen LogP contribution is -2.50. The second-order valence-corrected chi connectivity index (χ2v) is 10.1. The van der Waals surface area contributed by atoms with Gasteiger partial charge in [0.2, 0.25) is 11.8 Å². The lowest BCUT2D eigenvalue weighted by Gasteiger charge is -2.31. The van der Waals surface area contributed by atoms with E-state index in [1.54, 1.807) is 30.0 Å². The van der Waals surface area contributed by atoms with Crippen LogP contribution in [0.25, 0.3) is 0 Å². The number of benzene rings is 3. The van der Waals surface area contributed by atoms with Crippen molar-refractivity contribution in [3.05, 3.63) is 101 Å². The Hall–Kier alpha value is -2.83. The molecule has 0 aliphatic carbocycles. The fourth-order valence-corrected chi connectivity index (χ4v) is 4.77. The third kappa shape index (κ3) is 8.68. The van der Waals surface area contributed by atoms with Crippen molar-refractivity contribution in [3.8, 4) is 0 Å². The monoisotopic (exact) mass is 526 g/mol. The zero-order valence-electron chi connectivity index (χ0n) is 20.5. The number of hydrogen-bond acceptors (Lipinski definition) is 3. The summed E-state index contributed by atoms with van der Waals surface area (Å²) in [5, 5.41) is 3.64. The molecule has 7 heteroatoms. The largest absolute Gasteiger partial charge is 0.354 e. The summed E-state index contributed by atoms with van der Waals surface area (Å²) >= 11 is 7.51. The summed E-state index contributed by atoms with van der Waals surface area (Å²) in [6.07, 6.45) is 2.37. The summed E-state index contributed by atoms with van der Waals surface area (Å²) < 4.78 is 14.6. The van der Waals surface area contributed by atoms with E-state index in [9.17, 15) is 14.0 Å². The van der Waals surface area contributed by atoms with E-state index in [-0.39, 0.29) is 24.8 Å². The van der Waals surface area contributed by atoms with Crippen molar-refractivity contribution in [2.45, 2.75) is 50.1 Å². The number of thioether (sulfide) groups is 1. The van der Waals surface area contributed by atoms with Crippen molar-refractivity contribution in [2.24, 2.45) is 0 Å². The number of halogens is 2. The summed E-state index contributed by atoms with van der Waals surface area (Å²) in [6.45, 7) is 2.62. The Balaban J connectivity index is 1.83. The molecule has 0 saturated heterocycles. The van der Waals surface area contributed by atoms with Crippen molar-refractivity contribution in [1.29, 1.82) is 0 Å². The maximum absolute atomic E-state index is 14.6. The van der Waals surface area contributed by atoms with Crippen LogP contribution in [0.3, 0.4) is 0 Å². The Morgan fingerprint density at radius 2 is 1.69 bits per heavy atom. The van der Waals surface area contributed by atoms with Crippen molar-refractivity contribution in [3.63, 3.8) is 0 Å². The normalized spacial score (nSPS) is 11.6. The molecule has 190 valence electrons. The molecule has 1 unspecified atom stereocenters. The third-order valence-electron chi connectivity index (χ3n) is 5.80. The predicted octanol–water partition coefficient (Wildman–Crippen LogP) is 6.52. The molecule has 2 amide bonds. The van der Waals surface area contributed by atoms with E-state index in [1.165, 1.54) is 11.0 Å². The van der Waals surface area contributed by atoms with Crippen LogP contribution in [0.5, 0.6) is 0 Å². The number of amides is 2. The minimum atomic E-state index is -0.753. The molecule has 0 radical (unpaired) electrons. The van der Waals surface area contributed by atoms with Crippen LogP contribution >= 0.6 is 23.4 Å². The fourth-order valence-electron chi connectivity index (χ4n) is 3.80. The summed E-state index contributed by atoms with van der Waals surface area (Å²) in [6, 6.07) is 22.7. The molecule has 0 spiro atoms. The highest BCUT2D eigenvalue weighted by Gasteiger charge is 2.30. The number of unbranched alkanes of at least 4 members (excludes halogenated alkanes) is 1. The Labute approximate surface area is 222 Å². The first-order valence-corrected chi connectivity index (χ1v) is 13.6. The molecule has 0 aromatic heterocycles. The van der Waals surface area contributed by atoms with Crippen LogP contribution in [0.2, 0.25) is 5.02 Å². The third-order valence-corrected chi connectivity index (χ3v) is 7.06. The second kappa shape index (κ2) is 14.7. The quantitative estimate of drug-likeness (QED) is 0.204. The molecule has 0 saturated carbocycles. The molecule has 3 aromatic carbocycles. The van der Waals surface area contributed by atoms with Crippen LogP contribution in [-0.4, -0.2) is 35.1 Å². The van der Waals surface area contributed by atoms with Crippen LogP contribution in [-0.2, 0) is 22.6 Å². The fraction of sp³-hybridized carbons (Fsp3) is 0.310. The standard InChI is InChI=1S/C29H32ClFN2O2S/c1-2-3-18-32-29(35)27(20-22-9-5-4-6-10-22)33(21-23-11-7-8-12-26(23)31)28(34)17-19-36-25-15-13-24(30)14-16-25/h4-16,27H,2-3,17-21H2,1H3,(H,32,35). The minimum absolute atomic E-state index is 0.0236. The molecule has 3 aromatic rings. The van der Waals surface area contributed by atoms with Gasteiger partial charge < -0.3 is 10.2 Å². The van der Waals surface area contributed by atoms with Gasteiger partial charge in [0.25, 0.3) is 0 Å². The smallest absolute Gasteiger partial charge is 0.243 e. The van der Waals surface area contributed by atoms with E-state index in [0.717, 1.165) is 23.3 Å². The van der Waals surface area contributed by atoms with Crippen molar-refractivity contribution >= 4 is 35.2 Å². The zero-order chi connectivity index (χ0) is 25.8. The van der Waals surface area contributed by atoms with Crippen molar-refractivity contribution in [1.82, 2.24) is 10.2 Å². The van der Waals surface area contributed by atoms with Crippen molar-refractivity contribution < 1.29 is 14.0 Å². The Morgan fingerprint density at radius 1 is 1.00 bits per heavy atom. The van der Waals surface area contributed by atoms with Gasteiger partial charge in [-0.3, -0.25) is 9.59 Å². The predicted molar refractivity (Wildman–Crippen MR) is 146 cm³/mol. The zero-order valence-corrected chi connectivity index (χ0v) is 22.0. The maximum atomic E-state index is 14.6. The van der Waals surface area contributed by atoms with Crippen LogP contribution in [0.15, 0.2) is 83.8 Å². The highest BCUT2D eigenvalue weighted by atomic mass is 35.5. The average molecular weight is 527 g/mol. The number of carbonyl (C=O) groups is 2. The van der Waals surface area contributed by atoms with E-state index in [1.807, 2.05) is 54.6 Å². The van der Waals surface area contributed by atoms with Gasteiger partial charge in [-0.25, -0.2) is 4.39 Å². The molecular weight excluding hydrogens is 495 g/mol. The minimum Gasteiger partial charge on any atom is -0.354 e. The van der Waals surface area contributed by atoms with E-state index < -0.39 is 11.9 Å². The van der Waals surface area contributed by atoms with Crippen molar-refractivity contribution in [2.75, 3.05) is 12.3 Å². The molecular formula is C29H32ClFN2O2S. The summed E-state index contributed by atoms with van der Waals surface area (Å²) in [5.41, 5.74) is 1.32. The number of hydrogen-bond donors (Lipinski definition) is 1. The van der Waals surface area contributed by atoms with Gasteiger partial charge in [0.15, 0.2) is 0 Å². The Bertz CT molecular complexity index is 1110. The van der Waals surface area contributed by atoms with Gasteiger partial charge in [0.1, 0.15) is 11.9 Å². The first-order valence-electron chi connectivity index (χ1n) is 12.2. The molecule has 0 bridgehead atoms. The molecule has 3 rings (SSSR count). The van der Waals surface area contributed by atoms with Gasteiger partial charge in [-0.1, -0.05) is 73.5 Å². The first-order chi connectivity index (χ1) is 17.5. The molecule has 0 aliphatic rings. The average Bonchev–Trinajstić information content (AvgIpc) is 2.89. The van der Waals surface area contributed by atoms with E-state index in [2.05, 4.69) is 12.2 Å². The number of nitrogens with one attached hydrogen (secondary N) is 1. The summed E-state index contributed by atoms with van der Waals surface area (Å²) in [4.78, 5) is 29.5. The van der Waals surface area contributed by atoms with Gasteiger partial charge in [0, 0.05) is 47.2 Å². The van der Waals surface area contributed by atoms with Crippen LogP contribution in [0.4, 0.5) is 4.39 Å². The topological polar surface area (TPSA) is 49.4 Å². The number of rotatable bonds is 13. The van der Waals surface area contributed by atoms with Gasteiger partial charge in [-0.05, 0) is 42.3 Å². The summed E-state index contributed by atoms with van der Waals surface area (Å²) in [7, 11) is 0. The van der Waals surface area contributed by atoms with Crippen LogP contribution in [0, 0.1) is 5.82 Å².